The minimum absolute atomic E-state index is 0.128. The molecule has 0 aromatic carbocycles. The van der Waals surface area contributed by atoms with Gasteiger partial charge in [-0.25, -0.2) is 0 Å². The van der Waals surface area contributed by atoms with Crippen LogP contribution in [0.5, 0.6) is 0 Å². The van der Waals surface area contributed by atoms with E-state index in [1.807, 2.05) is 13.8 Å². The number of carbonyl (C=O) groups excluding carboxylic acids is 4. The summed E-state index contributed by atoms with van der Waals surface area (Å²) in [4.78, 5) is 43.1. The largest absolute Gasteiger partial charge is 0.358 e. The second-order valence-electron chi connectivity index (χ2n) is 3.17. The summed E-state index contributed by atoms with van der Waals surface area (Å²) in [5.41, 5.74) is 0. The van der Waals surface area contributed by atoms with Gasteiger partial charge >= 0.3 is 0 Å². The van der Waals surface area contributed by atoms with Crippen molar-refractivity contribution in [3.05, 3.63) is 0 Å². The molecule has 0 aliphatic heterocycles. The first kappa shape index (κ1) is 21.3. The van der Waals surface area contributed by atoms with Crippen molar-refractivity contribution in [1.82, 2.24) is 10.6 Å². The first-order valence-electron chi connectivity index (χ1n) is 6.29. The van der Waals surface area contributed by atoms with E-state index in [2.05, 4.69) is 10.6 Å². The molecule has 0 saturated carbocycles. The molecule has 0 saturated heterocycles. The van der Waals surface area contributed by atoms with Gasteiger partial charge in [0.15, 0.2) is 10.2 Å². The Morgan fingerprint density at radius 2 is 1.50 bits per heavy atom. The van der Waals surface area contributed by atoms with Crippen LogP contribution in [0.15, 0.2) is 0 Å². The molecule has 0 fully saturated rings. The second-order valence-corrected chi connectivity index (χ2v) is 5.48. The minimum atomic E-state index is -0.209. The Bertz CT molecular complexity index is 312. The Labute approximate surface area is 128 Å². The number of thioether (sulfide) groups is 2. The predicted octanol–water partition coefficient (Wildman–Crippen LogP) is 0.804. The van der Waals surface area contributed by atoms with Crippen LogP contribution in [0.2, 0.25) is 0 Å². The fourth-order valence-corrected chi connectivity index (χ4v) is 2.33. The number of nitrogens with one attached hydrogen (secondary N) is 2. The average molecular weight is 322 g/mol. The molecule has 0 bridgehead atoms. The van der Waals surface area contributed by atoms with Gasteiger partial charge in [0.2, 0.25) is 12.3 Å². The summed E-state index contributed by atoms with van der Waals surface area (Å²) in [6.45, 7) is 6.22. The van der Waals surface area contributed by atoms with Gasteiger partial charge in [-0.1, -0.05) is 37.4 Å². The highest BCUT2D eigenvalue weighted by molar-refractivity contribution is 8.15. The van der Waals surface area contributed by atoms with Crippen LogP contribution in [0.3, 0.4) is 0 Å². The van der Waals surface area contributed by atoms with E-state index < -0.39 is 0 Å². The number of hydrogen-bond acceptors (Lipinski definition) is 6. The third kappa shape index (κ3) is 17.0. The van der Waals surface area contributed by atoms with Crippen LogP contribution in [0.4, 0.5) is 0 Å². The first-order valence-corrected chi connectivity index (χ1v) is 8.26. The molecule has 20 heavy (non-hydrogen) atoms. The molecule has 8 heteroatoms. The van der Waals surface area contributed by atoms with Gasteiger partial charge in [-0.15, -0.1) is 0 Å². The molecule has 0 aromatic rings. The van der Waals surface area contributed by atoms with Gasteiger partial charge in [0.25, 0.3) is 0 Å². The zero-order chi connectivity index (χ0) is 15.8. The smallest absolute Gasteiger partial charge is 0.216 e. The van der Waals surface area contributed by atoms with E-state index in [9.17, 15) is 19.2 Å². The van der Waals surface area contributed by atoms with Crippen molar-refractivity contribution in [2.75, 3.05) is 24.6 Å². The lowest BCUT2D eigenvalue weighted by Crippen LogP contribution is -2.22. The molecule has 2 amide bonds. The lowest BCUT2D eigenvalue weighted by molar-refractivity contribution is -0.119. The van der Waals surface area contributed by atoms with Gasteiger partial charge in [0, 0.05) is 31.5 Å². The average Bonchev–Trinajstić information content (AvgIpc) is 2.42. The fraction of sp³-hybridized carbons (Fsp3) is 0.667. The van der Waals surface area contributed by atoms with Gasteiger partial charge < -0.3 is 10.6 Å². The Hall–Kier alpha value is -1.02. The fourth-order valence-electron chi connectivity index (χ4n) is 0.895. The maximum atomic E-state index is 11.3. The molecule has 116 valence electrons. The first-order chi connectivity index (χ1) is 9.56. The van der Waals surface area contributed by atoms with E-state index in [0.29, 0.717) is 31.0 Å². The van der Waals surface area contributed by atoms with Crippen LogP contribution in [-0.2, 0) is 19.2 Å². The minimum Gasteiger partial charge on any atom is -0.358 e. The van der Waals surface area contributed by atoms with Crippen LogP contribution in [-0.4, -0.2) is 47.1 Å². The van der Waals surface area contributed by atoms with E-state index in [-0.39, 0.29) is 22.6 Å². The lowest BCUT2D eigenvalue weighted by atomic mass is 10.5. The van der Waals surface area contributed by atoms with Crippen LogP contribution < -0.4 is 10.6 Å². The van der Waals surface area contributed by atoms with Crippen molar-refractivity contribution >= 4 is 46.1 Å². The van der Waals surface area contributed by atoms with Crippen LogP contribution >= 0.6 is 23.5 Å². The standard InChI is InChI=1S/C10H16N2O4S2.C2H6/c1-8(14)12-3-5-18-10(16)6-9(15)17-4-2-11-7-13;1-2/h7H,2-6H2,1H3,(H,11,13)(H,12,14);1-2H3. The summed E-state index contributed by atoms with van der Waals surface area (Å²) in [5, 5.41) is 4.57. The van der Waals surface area contributed by atoms with Gasteiger partial charge in [-0.05, 0) is 0 Å². The van der Waals surface area contributed by atoms with Gasteiger partial charge in [-0.3, -0.25) is 19.2 Å². The SMILES string of the molecule is CC.CC(=O)NCCSC(=O)CC(=O)SCCNC=O. The Balaban J connectivity index is 0. The lowest BCUT2D eigenvalue weighted by Gasteiger charge is -2.02. The number of carbonyl (C=O) groups is 4. The van der Waals surface area contributed by atoms with Gasteiger partial charge in [0.1, 0.15) is 0 Å². The molecular weight excluding hydrogens is 300 g/mol. The number of amides is 2. The van der Waals surface area contributed by atoms with Crippen molar-refractivity contribution in [3.8, 4) is 0 Å². The van der Waals surface area contributed by atoms with Gasteiger partial charge in [-0.2, -0.15) is 0 Å². The van der Waals surface area contributed by atoms with Crippen LogP contribution in [0.1, 0.15) is 27.2 Å². The van der Waals surface area contributed by atoms with E-state index in [1.165, 1.54) is 6.92 Å². The third-order valence-corrected chi connectivity index (χ3v) is 3.37. The summed E-state index contributed by atoms with van der Waals surface area (Å²) in [5.74, 6) is 0.780. The molecule has 0 unspecified atom stereocenters. The normalized spacial score (nSPS) is 8.95. The zero-order valence-electron chi connectivity index (χ0n) is 12.1. The predicted molar refractivity (Wildman–Crippen MR) is 83.6 cm³/mol. The maximum absolute atomic E-state index is 11.3. The summed E-state index contributed by atoms with van der Waals surface area (Å²) in [6.07, 6.45) is 0.435. The quantitative estimate of drug-likeness (QED) is 0.371. The highest BCUT2D eigenvalue weighted by Gasteiger charge is 2.10. The molecule has 2 N–H and O–H groups in total. The topological polar surface area (TPSA) is 92.3 Å². The second kappa shape index (κ2) is 16.0. The highest BCUT2D eigenvalue weighted by Crippen LogP contribution is 2.11. The molecule has 0 aliphatic carbocycles. The summed E-state index contributed by atoms with van der Waals surface area (Å²) in [6, 6.07) is 0. The van der Waals surface area contributed by atoms with Crippen molar-refractivity contribution < 1.29 is 19.2 Å². The molecule has 0 rings (SSSR count). The Kier molecular flexibility index (Phi) is 17.1. The molecule has 0 aromatic heterocycles. The molecule has 0 radical (unpaired) electrons. The van der Waals surface area contributed by atoms with E-state index in [0.717, 1.165) is 23.5 Å². The van der Waals surface area contributed by atoms with E-state index in [4.69, 9.17) is 0 Å². The van der Waals surface area contributed by atoms with E-state index in [1.54, 1.807) is 0 Å². The Morgan fingerprint density at radius 1 is 1.00 bits per heavy atom. The van der Waals surface area contributed by atoms with Crippen molar-refractivity contribution in [2.45, 2.75) is 27.2 Å². The summed E-state index contributed by atoms with van der Waals surface area (Å²) >= 11 is 2.06. The number of rotatable bonds is 9. The molecule has 6 nitrogen and oxygen atoms in total. The molecule has 0 spiro atoms. The Morgan fingerprint density at radius 3 is 1.95 bits per heavy atom. The van der Waals surface area contributed by atoms with Gasteiger partial charge in [0.05, 0.1) is 6.42 Å². The van der Waals surface area contributed by atoms with Crippen molar-refractivity contribution in [1.29, 1.82) is 0 Å². The molecule has 0 heterocycles. The van der Waals surface area contributed by atoms with E-state index >= 15 is 0 Å². The van der Waals surface area contributed by atoms with Crippen LogP contribution in [0, 0.1) is 0 Å². The molecule has 0 atom stereocenters. The monoisotopic (exact) mass is 322 g/mol. The molecular formula is C12H22N2O4S2. The van der Waals surface area contributed by atoms with Crippen molar-refractivity contribution in [2.24, 2.45) is 0 Å². The van der Waals surface area contributed by atoms with Crippen LogP contribution in [0.25, 0.3) is 0 Å². The third-order valence-electron chi connectivity index (χ3n) is 1.62. The summed E-state index contributed by atoms with van der Waals surface area (Å²) < 4.78 is 0. The number of hydrogen-bond donors (Lipinski definition) is 2. The van der Waals surface area contributed by atoms with Crippen molar-refractivity contribution in [3.63, 3.8) is 0 Å². The summed E-state index contributed by atoms with van der Waals surface area (Å²) in [7, 11) is 0. The zero-order valence-corrected chi connectivity index (χ0v) is 13.7. The maximum Gasteiger partial charge on any atom is 0.216 e. The molecule has 0 aliphatic rings. The highest BCUT2D eigenvalue weighted by atomic mass is 32.2.